The Balaban J connectivity index is 2.10. The Hall–Kier alpha value is -2.84. The van der Waals surface area contributed by atoms with Crippen LogP contribution in [0.15, 0.2) is 70.8 Å². The highest BCUT2D eigenvalue weighted by Gasteiger charge is 2.35. The van der Waals surface area contributed by atoms with E-state index >= 15 is 0 Å². The van der Waals surface area contributed by atoms with Gasteiger partial charge in [-0.1, -0.05) is 41.9 Å². The van der Waals surface area contributed by atoms with Crippen LogP contribution in [0, 0.1) is 0 Å². The van der Waals surface area contributed by atoms with Gasteiger partial charge in [0.25, 0.3) is 0 Å². The predicted molar refractivity (Wildman–Crippen MR) is 103 cm³/mol. The second-order valence-electron chi connectivity index (χ2n) is 6.04. The van der Waals surface area contributed by atoms with E-state index in [1.165, 1.54) is 19.2 Å². The number of sulfone groups is 1. The highest BCUT2D eigenvalue weighted by Crippen LogP contribution is 2.30. The summed E-state index contributed by atoms with van der Waals surface area (Å²) in [5.41, 5.74) is 0.491. The van der Waals surface area contributed by atoms with Crippen LogP contribution >= 0.6 is 11.6 Å². The molecule has 28 heavy (non-hydrogen) atoms. The number of carbonyl (C=O) groups excluding carboxylic acids is 2. The molecule has 0 aromatic heterocycles. The number of methoxy groups -OCH3 is 1. The molecule has 1 aliphatic rings. The standard InChI is InChI=1S/C19H17ClN2O5S/c1-27-18(23)16-15(11-28(25,26)14-8-3-2-4-9-14)21-19(24)22-17(16)12-6-5-7-13(20)10-12/h2-10,17H,11H2,1H3,(H2,21,22,24)/t17-/m1/s1. The lowest BCUT2D eigenvalue weighted by molar-refractivity contribution is -0.136. The first-order valence-electron chi connectivity index (χ1n) is 8.24. The van der Waals surface area contributed by atoms with Gasteiger partial charge in [-0.25, -0.2) is 18.0 Å². The summed E-state index contributed by atoms with van der Waals surface area (Å²) in [5.74, 6) is -1.32. The number of amides is 2. The first-order valence-corrected chi connectivity index (χ1v) is 10.3. The average molecular weight is 421 g/mol. The molecule has 7 nitrogen and oxygen atoms in total. The van der Waals surface area contributed by atoms with Crippen LogP contribution in [0.2, 0.25) is 5.02 Å². The maximum Gasteiger partial charge on any atom is 0.338 e. The number of hydrogen-bond donors (Lipinski definition) is 2. The number of carbonyl (C=O) groups is 2. The van der Waals surface area contributed by atoms with E-state index in [4.69, 9.17) is 16.3 Å². The van der Waals surface area contributed by atoms with Gasteiger partial charge in [0.05, 0.1) is 29.4 Å². The van der Waals surface area contributed by atoms with Crippen LogP contribution in [0.3, 0.4) is 0 Å². The van der Waals surface area contributed by atoms with Gasteiger partial charge in [-0.15, -0.1) is 0 Å². The minimum Gasteiger partial charge on any atom is -0.466 e. The minimum atomic E-state index is -3.81. The zero-order valence-corrected chi connectivity index (χ0v) is 16.4. The molecule has 0 bridgehead atoms. The number of halogens is 1. The lowest BCUT2D eigenvalue weighted by Crippen LogP contribution is -2.47. The predicted octanol–water partition coefficient (Wildman–Crippen LogP) is 2.59. The van der Waals surface area contributed by atoms with Crippen molar-refractivity contribution in [2.75, 3.05) is 12.9 Å². The molecule has 0 radical (unpaired) electrons. The van der Waals surface area contributed by atoms with Gasteiger partial charge in [0, 0.05) is 10.7 Å². The molecule has 2 aromatic carbocycles. The van der Waals surface area contributed by atoms with Crippen molar-refractivity contribution in [3.63, 3.8) is 0 Å². The van der Waals surface area contributed by atoms with Crippen molar-refractivity contribution in [1.82, 2.24) is 10.6 Å². The second-order valence-corrected chi connectivity index (χ2v) is 8.47. The van der Waals surface area contributed by atoms with Crippen LogP contribution in [-0.2, 0) is 19.4 Å². The zero-order valence-electron chi connectivity index (χ0n) is 14.8. The number of nitrogens with one attached hydrogen (secondary N) is 2. The fourth-order valence-corrected chi connectivity index (χ4v) is 4.47. The van der Waals surface area contributed by atoms with Gasteiger partial charge in [-0.05, 0) is 29.8 Å². The third kappa shape index (κ3) is 4.18. The average Bonchev–Trinajstić information content (AvgIpc) is 2.67. The van der Waals surface area contributed by atoms with E-state index in [9.17, 15) is 18.0 Å². The second kappa shape index (κ2) is 8.04. The molecule has 2 amide bonds. The van der Waals surface area contributed by atoms with E-state index in [-0.39, 0.29) is 16.2 Å². The van der Waals surface area contributed by atoms with Gasteiger partial charge in [-0.3, -0.25) is 0 Å². The van der Waals surface area contributed by atoms with Crippen molar-refractivity contribution in [3.8, 4) is 0 Å². The number of ether oxygens (including phenoxy) is 1. The molecule has 0 saturated carbocycles. The van der Waals surface area contributed by atoms with Crippen LogP contribution in [0.25, 0.3) is 0 Å². The van der Waals surface area contributed by atoms with Crippen LogP contribution in [0.1, 0.15) is 11.6 Å². The van der Waals surface area contributed by atoms with Gasteiger partial charge in [0.2, 0.25) is 0 Å². The Bertz CT molecular complexity index is 1050. The smallest absolute Gasteiger partial charge is 0.338 e. The van der Waals surface area contributed by atoms with Crippen molar-refractivity contribution in [2.24, 2.45) is 0 Å². The number of benzene rings is 2. The van der Waals surface area contributed by atoms with Crippen molar-refractivity contribution in [1.29, 1.82) is 0 Å². The quantitative estimate of drug-likeness (QED) is 0.724. The zero-order chi connectivity index (χ0) is 20.3. The largest absolute Gasteiger partial charge is 0.466 e. The van der Waals surface area contributed by atoms with E-state index in [1.54, 1.807) is 42.5 Å². The van der Waals surface area contributed by atoms with Crippen molar-refractivity contribution >= 4 is 33.4 Å². The molecule has 1 atom stereocenters. The third-order valence-corrected chi connectivity index (χ3v) is 6.07. The highest BCUT2D eigenvalue weighted by atomic mass is 35.5. The number of rotatable bonds is 5. The molecule has 1 aliphatic heterocycles. The van der Waals surface area contributed by atoms with Crippen LogP contribution < -0.4 is 10.6 Å². The summed E-state index contributed by atoms with van der Waals surface area (Å²) in [7, 11) is -2.62. The highest BCUT2D eigenvalue weighted by molar-refractivity contribution is 7.91. The molecular formula is C19H17ClN2O5S. The molecule has 2 aromatic rings. The molecular weight excluding hydrogens is 404 g/mol. The monoisotopic (exact) mass is 420 g/mol. The molecule has 146 valence electrons. The first-order chi connectivity index (χ1) is 13.3. The molecule has 1 heterocycles. The molecule has 0 spiro atoms. The topological polar surface area (TPSA) is 102 Å². The molecule has 9 heteroatoms. The summed E-state index contributed by atoms with van der Waals surface area (Å²) in [5, 5.41) is 5.47. The molecule has 0 fully saturated rings. The van der Waals surface area contributed by atoms with E-state index in [0.717, 1.165) is 0 Å². The lowest BCUT2D eigenvalue weighted by atomic mass is 9.95. The van der Waals surface area contributed by atoms with E-state index in [0.29, 0.717) is 10.6 Å². The third-order valence-electron chi connectivity index (χ3n) is 4.18. The van der Waals surface area contributed by atoms with Gasteiger partial charge in [-0.2, -0.15) is 0 Å². The molecule has 3 rings (SSSR count). The van der Waals surface area contributed by atoms with Crippen LogP contribution in [0.4, 0.5) is 4.79 Å². The Labute approximate surface area is 167 Å². The van der Waals surface area contributed by atoms with Gasteiger partial charge >= 0.3 is 12.0 Å². The minimum absolute atomic E-state index is 0.00359. The summed E-state index contributed by atoms with van der Waals surface area (Å²) >= 11 is 6.03. The fraction of sp³-hybridized carbons (Fsp3) is 0.158. The Morgan fingerprint density at radius 1 is 1.14 bits per heavy atom. The van der Waals surface area contributed by atoms with Crippen molar-refractivity contribution in [3.05, 3.63) is 76.5 Å². The van der Waals surface area contributed by atoms with Gasteiger partial charge in [0.1, 0.15) is 0 Å². The van der Waals surface area contributed by atoms with E-state index in [1.807, 2.05) is 0 Å². The maximum absolute atomic E-state index is 12.8. The Kier molecular flexibility index (Phi) is 5.71. The molecule has 2 N–H and O–H groups in total. The van der Waals surface area contributed by atoms with Gasteiger partial charge in [0.15, 0.2) is 9.84 Å². The Morgan fingerprint density at radius 3 is 2.50 bits per heavy atom. The molecule has 0 unspecified atom stereocenters. The van der Waals surface area contributed by atoms with E-state index < -0.39 is 33.6 Å². The van der Waals surface area contributed by atoms with Crippen molar-refractivity contribution < 1.29 is 22.7 Å². The maximum atomic E-state index is 12.8. The summed E-state index contributed by atoms with van der Waals surface area (Å²) < 4.78 is 30.4. The van der Waals surface area contributed by atoms with E-state index in [2.05, 4.69) is 10.6 Å². The van der Waals surface area contributed by atoms with Crippen LogP contribution in [-0.4, -0.2) is 33.3 Å². The summed E-state index contributed by atoms with van der Waals surface area (Å²) in [6, 6.07) is 12.8. The lowest BCUT2D eigenvalue weighted by Gasteiger charge is -2.29. The number of urea groups is 1. The molecule has 0 aliphatic carbocycles. The van der Waals surface area contributed by atoms with Gasteiger partial charge < -0.3 is 15.4 Å². The van der Waals surface area contributed by atoms with Crippen LogP contribution in [0.5, 0.6) is 0 Å². The number of hydrogen-bond acceptors (Lipinski definition) is 5. The number of esters is 1. The molecule has 0 saturated heterocycles. The summed E-state index contributed by atoms with van der Waals surface area (Å²) in [6.07, 6.45) is 0. The fourth-order valence-electron chi connectivity index (χ4n) is 2.92. The first kappa shape index (κ1) is 19.9. The van der Waals surface area contributed by atoms with Crippen molar-refractivity contribution in [2.45, 2.75) is 10.9 Å². The Morgan fingerprint density at radius 2 is 1.86 bits per heavy atom. The summed E-state index contributed by atoms with van der Waals surface area (Å²) in [4.78, 5) is 24.7. The SMILES string of the molecule is COC(=O)C1=C(CS(=O)(=O)c2ccccc2)NC(=O)N[C@@H]1c1cccc(Cl)c1. The normalized spacial score (nSPS) is 16.9. The summed E-state index contributed by atoms with van der Waals surface area (Å²) in [6.45, 7) is 0.